The Morgan fingerprint density at radius 3 is 2.79 bits per heavy atom. The third-order valence-electron chi connectivity index (χ3n) is 2.29. The van der Waals surface area contributed by atoms with Crippen LogP contribution in [0.1, 0.15) is 14.7 Å². The Morgan fingerprint density at radius 2 is 2.26 bits per heavy atom. The highest BCUT2D eigenvalue weighted by Gasteiger charge is 2.14. The number of aromatic nitrogens is 1. The van der Waals surface area contributed by atoms with Crippen LogP contribution in [0.4, 0.5) is 11.4 Å². The van der Waals surface area contributed by atoms with Crippen molar-refractivity contribution in [2.75, 3.05) is 5.32 Å². The van der Waals surface area contributed by atoms with Crippen LogP contribution in [0.3, 0.4) is 0 Å². The number of hydrogen-bond acceptors (Lipinski definition) is 6. The Balaban J connectivity index is 2.20. The highest BCUT2D eigenvalue weighted by molar-refractivity contribution is 7.13. The molecule has 0 saturated heterocycles. The van der Waals surface area contributed by atoms with Crippen molar-refractivity contribution in [3.8, 4) is 5.75 Å². The molecule has 0 bridgehead atoms. The number of phenolic OH excluding ortho intramolecular Hbond substituents is 1. The van der Waals surface area contributed by atoms with Crippen LogP contribution in [0.15, 0.2) is 24.4 Å². The summed E-state index contributed by atoms with van der Waals surface area (Å²) in [6.07, 6.45) is 1.43. The van der Waals surface area contributed by atoms with E-state index >= 15 is 0 Å². The third kappa shape index (κ3) is 2.86. The molecule has 2 rings (SSSR count). The van der Waals surface area contributed by atoms with E-state index in [1.165, 1.54) is 29.7 Å². The van der Waals surface area contributed by atoms with E-state index in [2.05, 4.69) is 10.3 Å². The molecule has 1 amide bonds. The summed E-state index contributed by atoms with van der Waals surface area (Å²) in [6.45, 7) is 1.77. The number of carbonyl (C=O) groups excluding carboxylic acids is 1. The maximum absolute atomic E-state index is 11.8. The second kappa shape index (κ2) is 5.02. The SMILES string of the molecule is Cc1ncc(C(=O)Nc2ccc([N+](=O)[O-])cc2O)s1. The van der Waals surface area contributed by atoms with Gasteiger partial charge in [0.2, 0.25) is 0 Å². The Labute approximate surface area is 111 Å². The number of rotatable bonds is 3. The molecule has 8 heteroatoms. The summed E-state index contributed by atoms with van der Waals surface area (Å²) in [5, 5.41) is 23.3. The molecule has 0 fully saturated rings. The summed E-state index contributed by atoms with van der Waals surface area (Å²) >= 11 is 1.22. The van der Waals surface area contributed by atoms with Gasteiger partial charge in [-0.2, -0.15) is 0 Å². The van der Waals surface area contributed by atoms with Crippen molar-refractivity contribution < 1.29 is 14.8 Å². The molecule has 1 aromatic heterocycles. The number of phenols is 1. The van der Waals surface area contributed by atoms with E-state index in [1.807, 2.05) is 0 Å². The lowest BCUT2D eigenvalue weighted by Gasteiger charge is -2.05. The molecule has 0 unspecified atom stereocenters. The van der Waals surface area contributed by atoms with E-state index in [1.54, 1.807) is 6.92 Å². The van der Waals surface area contributed by atoms with E-state index in [0.717, 1.165) is 11.1 Å². The lowest BCUT2D eigenvalue weighted by atomic mass is 10.2. The maximum atomic E-state index is 11.8. The van der Waals surface area contributed by atoms with Crippen molar-refractivity contribution in [1.29, 1.82) is 0 Å². The lowest BCUT2D eigenvalue weighted by molar-refractivity contribution is -0.384. The number of amides is 1. The van der Waals surface area contributed by atoms with E-state index in [4.69, 9.17) is 0 Å². The standard InChI is InChI=1S/C11H9N3O4S/c1-6-12-5-10(19-6)11(16)13-8-3-2-7(14(17)18)4-9(8)15/h2-5,15H,1H3,(H,13,16). The first-order valence-corrected chi connectivity index (χ1v) is 6.00. The topological polar surface area (TPSA) is 105 Å². The monoisotopic (exact) mass is 279 g/mol. The second-order valence-electron chi connectivity index (χ2n) is 3.66. The first-order chi connectivity index (χ1) is 8.97. The molecular formula is C11H9N3O4S. The van der Waals surface area contributed by atoms with Crippen molar-refractivity contribution in [3.63, 3.8) is 0 Å². The minimum atomic E-state index is -0.627. The number of aryl methyl sites for hydroxylation is 1. The molecule has 0 aliphatic carbocycles. The fraction of sp³-hybridized carbons (Fsp3) is 0.0909. The van der Waals surface area contributed by atoms with E-state index in [-0.39, 0.29) is 17.1 Å². The summed E-state index contributed by atoms with van der Waals surface area (Å²) in [6, 6.07) is 3.46. The molecule has 0 radical (unpaired) electrons. The minimum Gasteiger partial charge on any atom is -0.506 e. The highest BCUT2D eigenvalue weighted by Crippen LogP contribution is 2.28. The number of hydrogen-bond donors (Lipinski definition) is 2. The highest BCUT2D eigenvalue weighted by atomic mass is 32.1. The van der Waals surface area contributed by atoms with Gasteiger partial charge in [-0.15, -0.1) is 11.3 Å². The number of thiazole rings is 1. The van der Waals surface area contributed by atoms with Crippen LogP contribution >= 0.6 is 11.3 Å². The van der Waals surface area contributed by atoms with Crippen LogP contribution in [0, 0.1) is 17.0 Å². The fourth-order valence-electron chi connectivity index (χ4n) is 1.39. The number of nitro benzene ring substituents is 1. The quantitative estimate of drug-likeness (QED) is 0.509. The molecule has 0 aliphatic heterocycles. The Hall–Kier alpha value is -2.48. The molecule has 98 valence electrons. The molecule has 0 spiro atoms. The van der Waals surface area contributed by atoms with E-state index in [9.17, 15) is 20.0 Å². The number of nitrogens with zero attached hydrogens (tertiary/aromatic N) is 2. The molecule has 1 heterocycles. The summed E-state index contributed by atoms with van der Waals surface area (Å²) in [4.78, 5) is 26.0. The van der Waals surface area contributed by atoms with Gasteiger partial charge < -0.3 is 10.4 Å². The molecule has 1 aromatic carbocycles. The van der Waals surface area contributed by atoms with Crippen LogP contribution in [-0.4, -0.2) is 20.9 Å². The van der Waals surface area contributed by atoms with Gasteiger partial charge in [0.05, 0.1) is 27.9 Å². The van der Waals surface area contributed by atoms with Gasteiger partial charge >= 0.3 is 0 Å². The number of anilines is 1. The van der Waals surface area contributed by atoms with Gasteiger partial charge in [-0.3, -0.25) is 14.9 Å². The van der Waals surface area contributed by atoms with Gasteiger partial charge in [0.25, 0.3) is 11.6 Å². The normalized spacial score (nSPS) is 10.2. The Morgan fingerprint density at radius 1 is 1.53 bits per heavy atom. The Bertz CT molecular complexity index is 653. The van der Waals surface area contributed by atoms with Gasteiger partial charge in [-0.05, 0) is 13.0 Å². The summed E-state index contributed by atoms with van der Waals surface area (Å²) in [5.41, 5.74) is -0.134. The number of carbonyl (C=O) groups is 1. The first kappa shape index (κ1) is 13.0. The third-order valence-corrected chi connectivity index (χ3v) is 3.20. The average molecular weight is 279 g/mol. The van der Waals surface area contributed by atoms with Crippen molar-refractivity contribution in [3.05, 3.63) is 44.4 Å². The molecule has 7 nitrogen and oxygen atoms in total. The number of aromatic hydroxyl groups is 1. The molecular weight excluding hydrogens is 270 g/mol. The van der Waals surface area contributed by atoms with Gasteiger partial charge in [-0.1, -0.05) is 0 Å². The van der Waals surface area contributed by atoms with Crippen LogP contribution < -0.4 is 5.32 Å². The van der Waals surface area contributed by atoms with Crippen molar-refractivity contribution >= 4 is 28.6 Å². The smallest absolute Gasteiger partial charge is 0.273 e. The zero-order chi connectivity index (χ0) is 14.0. The van der Waals surface area contributed by atoms with Crippen molar-refractivity contribution in [2.24, 2.45) is 0 Å². The van der Waals surface area contributed by atoms with Crippen LogP contribution in [0.25, 0.3) is 0 Å². The van der Waals surface area contributed by atoms with Crippen LogP contribution in [0.5, 0.6) is 5.75 Å². The molecule has 0 atom stereocenters. The van der Waals surface area contributed by atoms with Crippen molar-refractivity contribution in [2.45, 2.75) is 6.92 Å². The molecule has 2 N–H and O–H groups in total. The van der Waals surface area contributed by atoms with Crippen LogP contribution in [0.2, 0.25) is 0 Å². The molecule has 0 aliphatic rings. The number of nitro groups is 1. The minimum absolute atomic E-state index is 0.113. The van der Waals surface area contributed by atoms with Gasteiger partial charge in [0.15, 0.2) is 0 Å². The van der Waals surface area contributed by atoms with E-state index in [0.29, 0.717) is 4.88 Å². The predicted octanol–water partition coefficient (Wildman–Crippen LogP) is 2.32. The van der Waals surface area contributed by atoms with Crippen molar-refractivity contribution in [1.82, 2.24) is 4.98 Å². The van der Waals surface area contributed by atoms with Gasteiger partial charge in [-0.25, -0.2) is 4.98 Å². The molecule has 2 aromatic rings. The molecule has 19 heavy (non-hydrogen) atoms. The Kier molecular flexibility index (Phi) is 3.43. The number of benzene rings is 1. The summed E-state index contributed by atoms with van der Waals surface area (Å²) < 4.78 is 0. The van der Waals surface area contributed by atoms with Gasteiger partial charge in [0, 0.05) is 6.07 Å². The fourth-order valence-corrected chi connectivity index (χ4v) is 2.06. The lowest BCUT2D eigenvalue weighted by Crippen LogP contribution is -2.10. The second-order valence-corrected chi connectivity index (χ2v) is 4.89. The van der Waals surface area contributed by atoms with Crippen LogP contribution in [-0.2, 0) is 0 Å². The van der Waals surface area contributed by atoms with Gasteiger partial charge in [0.1, 0.15) is 10.6 Å². The van der Waals surface area contributed by atoms with E-state index < -0.39 is 10.8 Å². The average Bonchev–Trinajstić information content (AvgIpc) is 2.78. The first-order valence-electron chi connectivity index (χ1n) is 5.18. The number of non-ortho nitro benzene ring substituents is 1. The predicted molar refractivity (Wildman–Crippen MR) is 69.6 cm³/mol. The summed E-state index contributed by atoms with van der Waals surface area (Å²) in [7, 11) is 0. The summed E-state index contributed by atoms with van der Waals surface area (Å²) in [5.74, 6) is -0.779. The number of nitrogens with one attached hydrogen (secondary N) is 1. The maximum Gasteiger partial charge on any atom is 0.273 e. The zero-order valence-electron chi connectivity index (χ0n) is 9.78. The zero-order valence-corrected chi connectivity index (χ0v) is 10.6. The molecule has 0 saturated carbocycles. The largest absolute Gasteiger partial charge is 0.506 e.